The number of amides is 1. The van der Waals surface area contributed by atoms with E-state index in [1.54, 1.807) is 42.5 Å². The molecule has 5 rings (SSSR count). The zero-order chi connectivity index (χ0) is 28.4. The second kappa shape index (κ2) is 11.4. The van der Waals surface area contributed by atoms with Crippen molar-refractivity contribution < 1.29 is 19.5 Å². The number of aryl methyl sites for hydroxylation is 2. The van der Waals surface area contributed by atoms with Gasteiger partial charge in [0.15, 0.2) is 11.6 Å². The maximum Gasteiger partial charge on any atom is 0.323 e. The first-order chi connectivity index (χ1) is 19.3. The zero-order valence-corrected chi connectivity index (χ0v) is 23.4. The SMILES string of the molecule is CCc1cc(C(=O)c2ccccc2Cl)c(-n2c(CC)nnc2CNC(=O)c2cc3ccccc3n2CC(=O)O)s1. The van der Waals surface area contributed by atoms with Crippen LogP contribution in [0.15, 0.2) is 60.7 Å². The molecule has 0 bridgehead atoms. The summed E-state index contributed by atoms with van der Waals surface area (Å²) in [6, 6.07) is 17.7. The molecule has 0 aliphatic rings. The second-order valence-electron chi connectivity index (χ2n) is 9.07. The highest BCUT2D eigenvalue weighted by Gasteiger charge is 2.25. The van der Waals surface area contributed by atoms with Gasteiger partial charge in [-0.3, -0.25) is 19.0 Å². The summed E-state index contributed by atoms with van der Waals surface area (Å²) in [6.45, 7) is 3.62. The number of nitrogens with one attached hydrogen (secondary N) is 1. The third-order valence-electron chi connectivity index (χ3n) is 6.54. The van der Waals surface area contributed by atoms with Gasteiger partial charge in [0, 0.05) is 27.8 Å². The number of aliphatic carboxylic acids is 1. The van der Waals surface area contributed by atoms with E-state index in [1.165, 1.54) is 15.9 Å². The Balaban J connectivity index is 1.50. The van der Waals surface area contributed by atoms with Crippen molar-refractivity contribution in [3.63, 3.8) is 0 Å². The minimum Gasteiger partial charge on any atom is -0.480 e. The molecule has 5 aromatic rings. The molecule has 1 amide bonds. The minimum atomic E-state index is -1.05. The first kappa shape index (κ1) is 27.3. The minimum absolute atomic E-state index is 0.0134. The van der Waals surface area contributed by atoms with Gasteiger partial charge in [0.25, 0.3) is 5.91 Å². The molecule has 0 fully saturated rings. The van der Waals surface area contributed by atoms with Crippen molar-refractivity contribution >= 4 is 51.5 Å². The molecule has 0 unspecified atom stereocenters. The van der Waals surface area contributed by atoms with Crippen LogP contribution in [-0.4, -0.2) is 42.1 Å². The van der Waals surface area contributed by atoms with Crippen LogP contribution in [0.3, 0.4) is 0 Å². The molecule has 0 aliphatic carbocycles. The van der Waals surface area contributed by atoms with E-state index >= 15 is 0 Å². The lowest BCUT2D eigenvalue weighted by Gasteiger charge is -2.12. The van der Waals surface area contributed by atoms with Gasteiger partial charge >= 0.3 is 5.97 Å². The number of thiophene rings is 1. The lowest BCUT2D eigenvalue weighted by atomic mass is 10.0. The van der Waals surface area contributed by atoms with Gasteiger partial charge in [-0.15, -0.1) is 21.5 Å². The standard InChI is InChI=1S/C29H26ClN5O4S/c1-3-18-14-20(27(38)19-10-6-7-11-21(19)30)29(40-18)35-24(4-2)32-33-25(35)15-31-28(39)23-13-17-9-5-8-12-22(17)34(23)16-26(36)37/h5-14H,3-4,15-16H2,1-2H3,(H,31,39)(H,36,37). The van der Waals surface area contributed by atoms with Gasteiger partial charge in [-0.2, -0.15) is 0 Å². The van der Waals surface area contributed by atoms with Gasteiger partial charge in [0.2, 0.25) is 0 Å². The Morgan fingerprint density at radius 1 is 0.950 bits per heavy atom. The number of carbonyl (C=O) groups is 3. The summed E-state index contributed by atoms with van der Waals surface area (Å²) >= 11 is 7.83. The van der Waals surface area contributed by atoms with E-state index in [0.29, 0.717) is 44.7 Å². The molecule has 0 saturated heterocycles. The predicted molar refractivity (Wildman–Crippen MR) is 154 cm³/mol. The third-order valence-corrected chi connectivity index (χ3v) is 8.13. The van der Waals surface area contributed by atoms with Gasteiger partial charge in [0.05, 0.1) is 17.1 Å². The van der Waals surface area contributed by atoms with E-state index in [4.69, 9.17) is 11.6 Å². The van der Waals surface area contributed by atoms with Gasteiger partial charge in [-0.05, 0) is 36.8 Å². The molecular formula is C29H26ClN5O4S. The first-order valence-corrected chi connectivity index (χ1v) is 14.0. The molecule has 0 saturated carbocycles. The highest BCUT2D eigenvalue weighted by Crippen LogP contribution is 2.32. The molecule has 0 radical (unpaired) electrons. The summed E-state index contributed by atoms with van der Waals surface area (Å²) in [7, 11) is 0. The lowest BCUT2D eigenvalue weighted by molar-refractivity contribution is -0.137. The number of benzene rings is 2. The number of para-hydroxylation sites is 1. The van der Waals surface area contributed by atoms with Crippen LogP contribution in [-0.2, 0) is 30.7 Å². The molecule has 40 heavy (non-hydrogen) atoms. The molecule has 0 spiro atoms. The topological polar surface area (TPSA) is 119 Å². The van der Waals surface area contributed by atoms with Crippen molar-refractivity contribution in [2.24, 2.45) is 0 Å². The molecule has 0 aliphatic heterocycles. The molecular weight excluding hydrogens is 550 g/mol. The predicted octanol–water partition coefficient (Wildman–Crippen LogP) is 5.31. The van der Waals surface area contributed by atoms with Crippen molar-refractivity contribution in [2.75, 3.05) is 0 Å². The average molecular weight is 576 g/mol. The monoisotopic (exact) mass is 575 g/mol. The fourth-order valence-electron chi connectivity index (χ4n) is 4.61. The van der Waals surface area contributed by atoms with Crippen molar-refractivity contribution in [3.8, 4) is 5.00 Å². The number of hydrogen-bond donors (Lipinski definition) is 2. The molecule has 9 nitrogen and oxygen atoms in total. The summed E-state index contributed by atoms with van der Waals surface area (Å²) in [5.74, 6) is -0.619. The molecule has 204 valence electrons. The van der Waals surface area contributed by atoms with Crippen LogP contribution in [0.1, 0.15) is 56.8 Å². The summed E-state index contributed by atoms with van der Waals surface area (Å²) in [5.41, 5.74) is 1.76. The Morgan fingerprint density at radius 2 is 1.68 bits per heavy atom. The van der Waals surface area contributed by atoms with Gasteiger partial charge < -0.3 is 15.0 Å². The van der Waals surface area contributed by atoms with Crippen LogP contribution in [0, 0.1) is 0 Å². The smallest absolute Gasteiger partial charge is 0.323 e. The Hall–Kier alpha value is -4.28. The number of halogens is 1. The van der Waals surface area contributed by atoms with E-state index in [9.17, 15) is 19.5 Å². The van der Waals surface area contributed by atoms with Crippen molar-refractivity contribution in [1.82, 2.24) is 24.6 Å². The highest BCUT2D eigenvalue weighted by molar-refractivity contribution is 7.15. The second-order valence-corrected chi connectivity index (χ2v) is 10.6. The number of rotatable bonds is 10. The Labute approximate surface area is 239 Å². The number of ketones is 1. The number of aromatic nitrogens is 4. The summed E-state index contributed by atoms with van der Waals surface area (Å²) in [5, 5.41) is 22.8. The van der Waals surface area contributed by atoms with Crippen molar-refractivity contribution in [2.45, 2.75) is 39.8 Å². The largest absolute Gasteiger partial charge is 0.480 e. The van der Waals surface area contributed by atoms with Crippen LogP contribution < -0.4 is 5.32 Å². The number of carboxylic acid groups (broad SMARTS) is 1. The maximum absolute atomic E-state index is 13.6. The highest BCUT2D eigenvalue weighted by atomic mass is 35.5. The van der Waals surface area contributed by atoms with Crippen LogP contribution in [0.4, 0.5) is 0 Å². The summed E-state index contributed by atoms with van der Waals surface area (Å²) in [4.78, 5) is 39.5. The molecule has 0 atom stereocenters. The number of fused-ring (bicyclic) bond motifs is 1. The van der Waals surface area contributed by atoms with Crippen LogP contribution in [0.25, 0.3) is 15.9 Å². The fraction of sp³-hybridized carbons (Fsp3) is 0.207. The Morgan fingerprint density at radius 3 is 2.40 bits per heavy atom. The normalized spacial score (nSPS) is 11.2. The summed E-state index contributed by atoms with van der Waals surface area (Å²) < 4.78 is 3.29. The molecule has 3 heterocycles. The van der Waals surface area contributed by atoms with Crippen molar-refractivity contribution in [1.29, 1.82) is 0 Å². The van der Waals surface area contributed by atoms with Crippen LogP contribution in [0.2, 0.25) is 5.02 Å². The maximum atomic E-state index is 13.6. The number of carbonyl (C=O) groups excluding carboxylic acids is 2. The number of carboxylic acids is 1. The molecule has 2 aromatic carbocycles. The number of hydrogen-bond acceptors (Lipinski definition) is 6. The van der Waals surface area contributed by atoms with E-state index < -0.39 is 11.9 Å². The fourth-order valence-corrected chi connectivity index (χ4v) is 5.96. The summed E-state index contributed by atoms with van der Waals surface area (Å²) in [6.07, 6.45) is 1.28. The average Bonchev–Trinajstić information content (AvgIpc) is 3.66. The number of nitrogens with zero attached hydrogens (tertiary/aromatic N) is 4. The molecule has 11 heteroatoms. The van der Waals surface area contributed by atoms with E-state index in [-0.39, 0.29) is 24.6 Å². The van der Waals surface area contributed by atoms with Gasteiger partial charge in [-0.1, -0.05) is 55.8 Å². The van der Waals surface area contributed by atoms with Gasteiger partial charge in [0.1, 0.15) is 23.1 Å². The van der Waals surface area contributed by atoms with E-state index in [0.717, 1.165) is 16.7 Å². The molecule has 3 aromatic heterocycles. The van der Waals surface area contributed by atoms with Crippen LogP contribution >= 0.6 is 22.9 Å². The van der Waals surface area contributed by atoms with E-state index in [1.807, 2.05) is 36.6 Å². The first-order valence-electron chi connectivity index (χ1n) is 12.8. The molecule has 2 N–H and O–H groups in total. The van der Waals surface area contributed by atoms with E-state index in [2.05, 4.69) is 15.5 Å². The third kappa shape index (κ3) is 5.15. The Kier molecular flexibility index (Phi) is 7.81. The quantitative estimate of drug-likeness (QED) is 0.218. The van der Waals surface area contributed by atoms with Crippen molar-refractivity contribution in [3.05, 3.63) is 99.0 Å². The van der Waals surface area contributed by atoms with Gasteiger partial charge in [-0.25, -0.2) is 0 Å². The van der Waals surface area contributed by atoms with Crippen LogP contribution in [0.5, 0.6) is 0 Å². The Bertz CT molecular complexity index is 1750. The zero-order valence-electron chi connectivity index (χ0n) is 21.8. The lowest BCUT2D eigenvalue weighted by Crippen LogP contribution is -2.28.